The summed E-state index contributed by atoms with van der Waals surface area (Å²) in [6, 6.07) is 3.62. The van der Waals surface area contributed by atoms with Crippen LogP contribution in [0, 0.1) is 10.1 Å². The summed E-state index contributed by atoms with van der Waals surface area (Å²) in [4.78, 5) is 24.9. The van der Waals surface area contributed by atoms with Crippen molar-refractivity contribution in [2.24, 2.45) is 0 Å². The lowest BCUT2D eigenvalue weighted by molar-refractivity contribution is -0.402. The summed E-state index contributed by atoms with van der Waals surface area (Å²) in [5, 5.41) is 22.1. The van der Waals surface area contributed by atoms with E-state index in [1.165, 1.54) is 18.3 Å². The summed E-state index contributed by atoms with van der Waals surface area (Å²) in [6.07, 6.45) is 2.53. The first-order valence-corrected chi connectivity index (χ1v) is 4.76. The normalized spacial score (nSPS) is 10.0. The zero-order valence-electron chi connectivity index (χ0n) is 8.86. The number of aromatic nitrogens is 1. The number of carbonyl (C=O) groups excluding carboxylic acids is 1. The topological polar surface area (TPSA) is 119 Å². The molecule has 0 saturated heterocycles. The molecule has 8 heteroatoms. The van der Waals surface area contributed by atoms with Crippen LogP contribution in [0.1, 0.15) is 10.6 Å². The number of aromatic hydroxyl groups is 1. The second kappa shape index (κ2) is 4.53. The molecular weight excluding hydrogens is 242 g/mol. The number of nitro groups is 1. The number of furan rings is 1. The van der Waals surface area contributed by atoms with E-state index < -0.39 is 16.7 Å². The monoisotopic (exact) mass is 249 g/mol. The van der Waals surface area contributed by atoms with E-state index in [4.69, 9.17) is 4.42 Å². The SMILES string of the molecule is O=C(Nc1ccncc1O)c1ccc([N+](=O)[O-])o1. The Morgan fingerprint density at radius 1 is 1.44 bits per heavy atom. The van der Waals surface area contributed by atoms with Crippen molar-refractivity contribution >= 4 is 17.5 Å². The molecule has 8 nitrogen and oxygen atoms in total. The van der Waals surface area contributed by atoms with Crippen LogP contribution in [-0.2, 0) is 0 Å². The van der Waals surface area contributed by atoms with E-state index in [1.54, 1.807) is 0 Å². The van der Waals surface area contributed by atoms with Crippen LogP contribution in [-0.4, -0.2) is 20.9 Å². The zero-order valence-corrected chi connectivity index (χ0v) is 8.86. The molecule has 2 heterocycles. The van der Waals surface area contributed by atoms with Gasteiger partial charge in [0.25, 0.3) is 5.91 Å². The molecule has 0 aromatic carbocycles. The number of hydrogen-bond acceptors (Lipinski definition) is 6. The maximum Gasteiger partial charge on any atom is 0.433 e. The summed E-state index contributed by atoms with van der Waals surface area (Å²) in [5.74, 6) is -1.67. The fourth-order valence-electron chi connectivity index (χ4n) is 1.22. The minimum Gasteiger partial charge on any atom is -0.504 e. The van der Waals surface area contributed by atoms with Crippen LogP contribution in [0.5, 0.6) is 5.75 Å². The molecule has 0 aliphatic heterocycles. The maximum absolute atomic E-state index is 11.6. The van der Waals surface area contributed by atoms with Gasteiger partial charge in [0.2, 0.25) is 0 Å². The van der Waals surface area contributed by atoms with Gasteiger partial charge in [-0.05, 0) is 12.1 Å². The summed E-state index contributed by atoms with van der Waals surface area (Å²) in [6.45, 7) is 0. The van der Waals surface area contributed by atoms with Gasteiger partial charge in [0.15, 0.2) is 11.5 Å². The van der Waals surface area contributed by atoms with Gasteiger partial charge >= 0.3 is 5.88 Å². The van der Waals surface area contributed by atoms with Gasteiger partial charge in [0, 0.05) is 6.20 Å². The minimum absolute atomic E-state index is 0.133. The predicted molar refractivity (Wildman–Crippen MR) is 59.2 cm³/mol. The molecular formula is C10H7N3O5. The smallest absolute Gasteiger partial charge is 0.433 e. The van der Waals surface area contributed by atoms with Crippen LogP contribution < -0.4 is 5.32 Å². The largest absolute Gasteiger partial charge is 0.504 e. The molecule has 0 radical (unpaired) electrons. The van der Waals surface area contributed by atoms with Gasteiger partial charge in [0.05, 0.1) is 18.0 Å². The van der Waals surface area contributed by atoms with Gasteiger partial charge in [-0.15, -0.1) is 0 Å². The van der Waals surface area contributed by atoms with Crippen LogP contribution in [0.4, 0.5) is 11.6 Å². The van der Waals surface area contributed by atoms with Gasteiger partial charge in [-0.2, -0.15) is 0 Å². The van der Waals surface area contributed by atoms with E-state index >= 15 is 0 Å². The highest BCUT2D eigenvalue weighted by Gasteiger charge is 2.18. The molecule has 2 N–H and O–H groups in total. The number of hydrogen-bond donors (Lipinski definition) is 2. The third kappa shape index (κ3) is 2.26. The molecule has 2 aromatic heterocycles. The summed E-state index contributed by atoms with van der Waals surface area (Å²) in [7, 11) is 0. The first kappa shape index (κ1) is 11.6. The molecule has 0 atom stereocenters. The van der Waals surface area contributed by atoms with Crippen LogP contribution >= 0.6 is 0 Å². The van der Waals surface area contributed by atoms with Crippen LogP contribution in [0.15, 0.2) is 35.0 Å². The van der Waals surface area contributed by atoms with Crippen molar-refractivity contribution in [1.82, 2.24) is 4.98 Å². The number of nitrogens with zero attached hydrogens (tertiary/aromatic N) is 2. The Bertz CT molecular complexity index is 607. The Hall–Kier alpha value is -2.90. The number of rotatable bonds is 3. The van der Waals surface area contributed by atoms with E-state index in [-0.39, 0.29) is 17.2 Å². The predicted octanol–water partition coefficient (Wildman–Crippen LogP) is 1.54. The van der Waals surface area contributed by atoms with Gasteiger partial charge in [0.1, 0.15) is 4.92 Å². The lowest BCUT2D eigenvalue weighted by Gasteiger charge is -2.03. The molecule has 1 amide bonds. The molecule has 0 saturated carbocycles. The molecule has 2 rings (SSSR count). The van der Waals surface area contributed by atoms with E-state index in [2.05, 4.69) is 10.3 Å². The summed E-state index contributed by atoms with van der Waals surface area (Å²) in [5.41, 5.74) is 0.133. The average molecular weight is 249 g/mol. The standard InChI is InChI=1S/C10H7N3O5/c14-7-5-11-4-3-6(7)12-10(15)8-1-2-9(18-8)13(16)17/h1-5,14H,(H,11,12,15). The second-order valence-electron chi connectivity index (χ2n) is 3.24. The zero-order chi connectivity index (χ0) is 13.1. The fourth-order valence-corrected chi connectivity index (χ4v) is 1.22. The first-order chi connectivity index (χ1) is 8.58. The van der Waals surface area contributed by atoms with Crippen molar-refractivity contribution in [3.05, 3.63) is 46.5 Å². The third-order valence-corrected chi connectivity index (χ3v) is 2.04. The van der Waals surface area contributed by atoms with Gasteiger partial charge in [-0.25, -0.2) is 0 Å². The van der Waals surface area contributed by atoms with Crippen molar-refractivity contribution < 1.29 is 19.2 Å². The molecule has 0 unspecified atom stereocenters. The highest BCUT2D eigenvalue weighted by atomic mass is 16.6. The Morgan fingerprint density at radius 2 is 2.22 bits per heavy atom. The Labute approximate surface area is 100 Å². The first-order valence-electron chi connectivity index (χ1n) is 4.76. The Morgan fingerprint density at radius 3 is 2.83 bits per heavy atom. The molecule has 0 aliphatic carbocycles. The summed E-state index contributed by atoms with van der Waals surface area (Å²) >= 11 is 0. The van der Waals surface area contributed by atoms with Crippen molar-refractivity contribution in [2.45, 2.75) is 0 Å². The molecule has 0 spiro atoms. The number of amides is 1. The van der Waals surface area contributed by atoms with Crippen LogP contribution in [0.2, 0.25) is 0 Å². The molecule has 2 aromatic rings. The van der Waals surface area contributed by atoms with Crippen molar-refractivity contribution in [2.75, 3.05) is 5.32 Å². The lowest BCUT2D eigenvalue weighted by atomic mass is 10.3. The van der Waals surface area contributed by atoms with Gasteiger partial charge < -0.3 is 14.8 Å². The molecule has 0 bridgehead atoms. The maximum atomic E-state index is 11.6. The quantitative estimate of drug-likeness (QED) is 0.629. The van der Waals surface area contributed by atoms with E-state index in [0.717, 1.165) is 12.3 Å². The minimum atomic E-state index is -0.749. The number of pyridine rings is 1. The number of anilines is 1. The molecule has 0 aliphatic rings. The molecule has 0 fully saturated rings. The van der Waals surface area contributed by atoms with Crippen LogP contribution in [0.3, 0.4) is 0 Å². The lowest BCUT2D eigenvalue weighted by Crippen LogP contribution is -2.10. The highest BCUT2D eigenvalue weighted by molar-refractivity contribution is 6.03. The highest BCUT2D eigenvalue weighted by Crippen LogP contribution is 2.22. The van der Waals surface area contributed by atoms with Gasteiger partial charge in [-0.3, -0.25) is 19.9 Å². The van der Waals surface area contributed by atoms with Crippen LogP contribution in [0.25, 0.3) is 0 Å². The number of carbonyl (C=O) groups is 1. The Balaban J connectivity index is 2.17. The second-order valence-corrected chi connectivity index (χ2v) is 3.24. The van der Waals surface area contributed by atoms with Crippen molar-refractivity contribution in [3.8, 4) is 5.75 Å². The van der Waals surface area contributed by atoms with Crippen molar-refractivity contribution in [1.29, 1.82) is 0 Å². The molecule has 18 heavy (non-hydrogen) atoms. The van der Waals surface area contributed by atoms with E-state index in [9.17, 15) is 20.0 Å². The van der Waals surface area contributed by atoms with Gasteiger partial charge in [-0.1, -0.05) is 0 Å². The third-order valence-electron chi connectivity index (χ3n) is 2.04. The Kier molecular flexibility index (Phi) is 2.92. The summed E-state index contributed by atoms with van der Waals surface area (Å²) < 4.78 is 4.71. The fraction of sp³-hybridized carbons (Fsp3) is 0. The average Bonchev–Trinajstić information content (AvgIpc) is 2.81. The number of nitrogens with one attached hydrogen (secondary N) is 1. The van der Waals surface area contributed by atoms with E-state index in [0.29, 0.717) is 0 Å². The van der Waals surface area contributed by atoms with E-state index in [1.807, 2.05) is 0 Å². The molecule has 92 valence electrons. The van der Waals surface area contributed by atoms with Crippen molar-refractivity contribution in [3.63, 3.8) is 0 Å².